The van der Waals surface area contributed by atoms with Crippen molar-refractivity contribution in [2.24, 2.45) is 5.73 Å². The Morgan fingerprint density at radius 1 is 1.47 bits per heavy atom. The Balaban J connectivity index is 2.09. The van der Waals surface area contributed by atoms with E-state index in [0.29, 0.717) is 6.42 Å². The summed E-state index contributed by atoms with van der Waals surface area (Å²) in [5.41, 5.74) is 6.57. The molecule has 1 aromatic carbocycles. The second kappa shape index (κ2) is 5.29. The zero-order valence-electron chi connectivity index (χ0n) is 9.77. The quantitative estimate of drug-likeness (QED) is 0.874. The van der Waals surface area contributed by atoms with Crippen molar-refractivity contribution in [3.63, 3.8) is 0 Å². The molecule has 0 radical (unpaired) electrons. The minimum atomic E-state index is -0.418. The van der Waals surface area contributed by atoms with E-state index in [-0.39, 0.29) is 5.91 Å². The van der Waals surface area contributed by atoms with Crippen molar-refractivity contribution in [3.05, 3.63) is 29.6 Å². The number of hydrogen-bond acceptors (Lipinski definition) is 3. The fourth-order valence-electron chi connectivity index (χ4n) is 1.72. The van der Waals surface area contributed by atoms with E-state index in [2.05, 4.69) is 5.32 Å². The molecule has 17 heavy (non-hydrogen) atoms. The van der Waals surface area contributed by atoms with E-state index in [1.54, 1.807) is 11.3 Å². The number of benzene rings is 1. The standard InChI is InChI=1S/C13H16N2OS/c1-2-3-11(14)13(16)15-10-4-5-12-9(8-10)6-7-17-12/h4-8,11H,2-3,14H2,1H3,(H,15,16). The Hall–Kier alpha value is -1.39. The largest absolute Gasteiger partial charge is 0.325 e. The Bertz CT molecular complexity index is 521. The van der Waals surface area contributed by atoms with E-state index in [9.17, 15) is 4.79 Å². The Labute approximate surface area is 105 Å². The highest BCUT2D eigenvalue weighted by atomic mass is 32.1. The second-order valence-corrected chi connectivity index (χ2v) is 5.01. The van der Waals surface area contributed by atoms with Crippen molar-refractivity contribution in [2.45, 2.75) is 25.8 Å². The molecule has 2 rings (SSSR count). The maximum absolute atomic E-state index is 11.7. The number of hydrogen-bond donors (Lipinski definition) is 2. The molecule has 1 aromatic heterocycles. The first-order valence-electron chi connectivity index (χ1n) is 5.74. The van der Waals surface area contributed by atoms with Gasteiger partial charge in [-0.3, -0.25) is 4.79 Å². The van der Waals surface area contributed by atoms with E-state index < -0.39 is 6.04 Å². The topological polar surface area (TPSA) is 55.1 Å². The van der Waals surface area contributed by atoms with E-state index in [4.69, 9.17) is 5.73 Å². The normalized spacial score (nSPS) is 12.6. The van der Waals surface area contributed by atoms with Crippen LogP contribution in [0.1, 0.15) is 19.8 Å². The van der Waals surface area contributed by atoms with Gasteiger partial charge in [0.25, 0.3) is 0 Å². The van der Waals surface area contributed by atoms with Gasteiger partial charge in [-0.2, -0.15) is 0 Å². The Morgan fingerprint density at radius 2 is 2.29 bits per heavy atom. The number of nitrogens with two attached hydrogens (primary N) is 1. The van der Waals surface area contributed by atoms with Gasteiger partial charge >= 0.3 is 0 Å². The molecular formula is C13H16N2OS. The number of thiophene rings is 1. The van der Waals surface area contributed by atoms with Crippen LogP contribution in [-0.2, 0) is 4.79 Å². The fraction of sp³-hybridized carbons (Fsp3) is 0.308. The van der Waals surface area contributed by atoms with Gasteiger partial charge in [-0.1, -0.05) is 13.3 Å². The predicted molar refractivity (Wildman–Crippen MR) is 73.3 cm³/mol. The molecule has 0 spiro atoms. The molecule has 1 atom stereocenters. The molecule has 0 fully saturated rings. The molecule has 0 aliphatic carbocycles. The first-order valence-corrected chi connectivity index (χ1v) is 6.62. The van der Waals surface area contributed by atoms with Gasteiger partial charge in [-0.25, -0.2) is 0 Å². The van der Waals surface area contributed by atoms with Crippen LogP contribution in [0, 0.1) is 0 Å². The molecule has 2 aromatic rings. The van der Waals surface area contributed by atoms with Gasteiger partial charge in [-0.05, 0) is 41.5 Å². The van der Waals surface area contributed by atoms with Gasteiger partial charge in [0.05, 0.1) is 6.04 Å². The molecule has 0 saturated heterocycles. The van der Waals surface area contributed by atoms with Gasteiger partial charge in [-0.15, -0.1) is 11.3 Å². The van der Waals surface area contributed by atoms with E-state index in [1.807, 2.05) is 36.6 Å². The number of fused-ring (bicyclic) bond motifs is 1. The van der Waals surface area contributed by atoms with Crippen LogP contribution in [0.15, 0.2) is 29.6 Å². The number of anilines is 1. The lowest BCUT2D eigenvalue weighted by atomic mass is 10.1. The third kappa shape index (κ3) is 2.84. The van der Waals surface area contributed by atoms with Crippen molar-refractivity contribution in [3.8, 4) is 0 Å². The first-order chi connectivity index (χ1) is 8.20. The third-order valence-electron chi connectivity index (χ3n) is 2.66. The molecule has 1 unspecified atom stereocenters. The minimum Gasteiger partial charge on any atom is -0.325 e. The molecule has 90 valence electrons. The monoisotopic (exact) mass is 248 g/mol. The summed E-state index contributed by atoms with van der Waals surface area (Å²) in [5.74, 6) is -0.110. The van der Waals surface area contributed by atoms with Crippen molar-refractivity contribution in [1.82, 2.24) is 0 Å². The summed E-state index contributed by atoms with van der Waals surface area (Å²) in [6, 6.07) is 7.53. The highest BCUT2D eigenvalue weighted by molar-refractivity contribution is 7.17. The van der Waals surface area contributed by atoms with Crippen LogP contribution >= 0.6 is 11.3 Å². The molecule has 1 amide bonds. The molecule has 0 bridgehead atoms. The number of carbonyl (C=O) groups excluding carboxylic acids is 1. The van der Waals surface area contributed by atoms with Crippen LogP contribution in [-0.4, -0.2) is 11.9 Å². The maximum Gasteiger partial charge on any atom is 0.241 e. The average molecular weight is 248 g/mol. The SMILES string of the molecule is CCCC(N)C(=O)Nc1ccc2sccc2c1. The summed E-state index contributed by atoms with van der Waals surface area (Å²) in [6.45, 7) is 2.02. The molecule has 0 aliphatic rings. The zero-order valence-corrected chi connectivity index (χ0v) is 10.6. The van der Waals surface area contributed by atoms with Crippen molar-refractivity contribution in [2.75, 3.05) is 5.32 Å². The summed E-state index contributed by atoms with van der Waals surface area (Å²) in [5, 5.41) is 6.04. The number of carbonyl (C=O) groups is 1. The molecular weight excluding hydrogens is 232 g/mol. The molecule has 1 heterocycles. The lowest BCUT2D eigenvalue weighted by Crippen LogP contribution is -2.35. The molecule has 0 aliphatic heterocycles. The molecule has 0 saturated carbocycles. The van der Waals surface area contributed by atoms with E-state index >= 15 is 0 Å². The number of rotatable bonds is 4. The fourth-order valence-corrected chi connectivity index (χ4v) is 2.49. The first kappa shape index (κ1) is 12.1. The van der Waals surface area contributed by atoms with Gasteiger partial charge < -0.3 is 11.1 Å². The van der Waals surface area contributed by atoms with Crippen molar-refractivity contribution < 1.29 is 4.79 Å². The molecule has 3 nitrogen and oxygen atoms in total. The van der Waals surface area contributed by atoms with Gasteiger partial charge in [0, 0.05) is 10.4 Å². The van der Waals surface area contributed by atoms with Crippen LogP contribution in [0.5, 0.6) is 0 Å². The lowest BCUT2D eigenvalue weighted by Gasteiger charge is -2.11. The van der Waals surface area contributed by atoms with Crippen LogP contribution < -0.4 is 11.1 Å². The van der Waals surface area contributed by atoms with Gasteiger partial charge in [0.1, 0.15) is 0 Å². The highest BCUT2D eigenvalue weighted by Crippen LogP contribution is 2.24. The molecule has 3 N–H and O–H groups in total. The Morgan fingerprint density at radius 3 is 3.06 bits per heavy atom. The predicted octanol–water partition coefficient (Wildman–Crippen LogP) is 2.97. The number of nitrogens with one attached hydrogen (secondary N) is 1. The summed E-state index contributed by atoms with van der Waals surface area (Å²) in [6.07, 6.45) is 1.63. The van der Waals surface area contributed by atoms with Crippen LogP contribution in [0.4, 0.5) is 5.69 Å². The lowest BCUT2D eigenvalue weighted by molar-refractivity contribution is -0.117. The average Bonchev–Trinajstić information content (AvgIpc) is 2.76. The van der Waals surface area contributed by atoms with E-state index in [0.717, 1.165) is 17.5 Å². The van der Waals surface area contributed by atoms with Crippen molar-refractivity contribution >= 4 is 33.0 Å². The summed E-state index contributed by atoms with van der Waals surface area (Å²) < 4.78 is 1.22. The second-order valence-electron chi connectivity index (χ2n) is 4.06. The Kier molecular flexibility index (Phi) is 3.76. The van der Waals surface area contributed by atoms with Gasteiger partial charge in [0.15, 0.2) is 0 Å². The zero-order chi connectivity index (χ0) is 12.3. The minimum absolute atomic E-state index is 0.110. The van der Waals surface area contributed by atoms with E-state index in [1.165, 1.54) is 4.70 Å². The van der Waals surface area contributed by atoms with Crippen LogP contribution in [0.3, 0.4) is 0 Å². The van der Waals surface area contributed by atoms with Crippen LogP contribution in [0.25, 0.3) is 10.1 Å². The number of amides is 1. The maximum atomic E-state index is 11.7. The third-order valence-corrected chi connectivity index (χ3v) is 3.55. The highest BCUT2D eigenvalue weighted by Gasteiger charge is 2.12. The summed E-state index contributed by atoms with van der Waals surface area (Å²) in [4.78, 5) is 11.7. The smallest absolute Gasteiger partial charge is 0.241 e. The van der Waals surface area contributed by atoms with Crippen LogP contribution in [0.2, 0.25) is 0 Å². The molecule has 4 heteroatoms. The van der Waals surface area contributed by atoms with Crippen molar-refractivity contribution in [1.29, 1.82) is 0 Å². The summed E-state index contributed by atoms with van der Waals surface area (Å²) >= 11 is 1.69. The summed E-state index contributed by atoms with van der Waals surface area (Å²) in [7, 11) is 0. The van der Waals surface area contributed by atoms with Gasteiger partial charge in [0.2, 0.25) is 5.91 Å².